The molecule has 0 fully saturated rings. The zero-order valence-corrected chi connectivity index (χ0v) is 12.4. The maximum Gasteiger partial charge on any atom is 0.152 e. The number of nitrogens with zero attached hydrogens (tertiary/aromatic N) is 2. The van der Waals surface area contributed by atoms with E-state index in [1.807, 2.05) is 10.9 Å². The number of aromatic nitrogens is 2. The van der Waals surface area contributed by atoms with Crippen LogP contribution in [0.5, 0.6) is 0 Å². The number of hydrogen-bond donors (Lipinski definition) is 1. The zero-order chi connectivity index (χ0) is 14.0. The van der Waals surface area contributed by atoms with Crippen LogP contribution in [-0.4, -0.2) is 40.4 Å². The van der Waals surface area contributed by atoms with Crippen LogP contribution in [0.2, 0.25) is 0 Å². The molecule has 0 amide bonds. The average Bonchev–Trinajstić information content (AvgIpc) is 2.71. The highest BCUT2D eigenvalue weighted by atomic mass is 32.2. The van der Waals surface area contributed by atoms with Crippen LogP contribution >= 0.6 is 0 Å². The minimum atomic E-state index is -2.97. The summed E-state index contributed by atoms with van der Waals surface area (Å²) in [4.78, 5) is 0. The van der Waals surface area contributed by atoms with Gasteiger partial charge in [-0.3, -0.25) is 4.68 Å². The van der Waals surface area contributed by atoms with E-state index in [0.29, 0.717) is 19.4 Å². The van der Waals surface area contributed by atoms with Crippen molar-refractivity contribution in [2.24, 2.45) is 0 Å². The van der Waals surface area contributed by atoms with Gasteiger partial charge >= 0.3 is 0 Å². The third-order valence-corrected chi connectivity index (χ3v) is 6.02. The first-order valence-corrected chi connectivity index (χ1v) is 8.55. The van der Waals surface area contributed by atoms with Gasteiger partial charge in [-0.2, -0.15) is 5.10 Å². The molecule has 2 rings (SSSR count). The second-order valence-corrected chi connectivity index (χ2v) is 8.18. The van der Waals surface area contributed by atoms with Gasteiger partial charge in [-0.25, -0.2) is 8.42 Å². The van der Waals surface area contributed by atoms with Crippen molar-refractivity contribution in [1.29, 1.82) is 0 Å². The maximum absolute atomic E-state index is 11.7. The van der Waals surface area contributed by atoms with Gasteiger partial charge in [-0.05, 0) is 38.7 Å². The summed E-state index contributed by atoms with van der Waals surface area (Å²) in [6, 6.07) is 0. The van der Waals surface area contributed by atoms with Crippen molar-refractivity contribution < 1.29 is 13.5 Å². The van der Waals surface area contributed by atoms with E-state index in [1.54, 1.807) is 13.8 Å². The first-order valence-electron chi connectivity index (χ1n) is 6.83. The van der Waals surface area contributed by atoms with E-state index < -0.39 is 9.84 Å². The first kappa shape index (κ1) is 14.5. The topological polar surface area (TPSA) is 72.2 Å². The Labute approximate surface area is 114 Å². The number of sulfone groups is 1. The SMILES string of the molecule is CC(C)S(=O)(=O)CCCn1ncc2c1CC(O)CC2. The van der Waals surface area contributed by atoms with Crippen molar-refractivity contribution in [1.82, 2.24) is 9.78 Å². The summed E-state index contributed by atoms with van der Waals surface area (Å²) in [6.07, 6.45) is 4.42. The van der Waals surface area contributed by atoms with Crippen molar-refractivity contribution >= 4 is 9.84 Å². The zero-order valence-electron chi connectivity index (χ0n) is 11.5. The van der Waals surface area contributed by atoms with Gasteiger partial charge in [0.25, 0.3) is 0 Å². The minimum absolute atomic E-state index is 0.196. The van der Waals surface area contributed by atoms with Crippen molar-refractivity contribution in [3.63, 3.8) is 0 Å². The van der Waals surface area contributed by atoms with E-state index in [9.17, 15) is 13.5 Å². The van der Waals surface area contributed by atoms with Crippen molar-refractivity contribution in [2.45, 2.75) is 57.4 Å². The van der Waals surface area contributed by atoms with Crippen LogP contribution in [-0.2, 0) is 29.2 Å². The maximum atomic E-state index is 11.7. The van der Waals surface area contributed by atoms with Crippen molar-refractivity contribution in [3.05, 3.63) is 17.5 Å². The number of fused-ring (bicyclic) bond motifs is 1. The lowest BCUT2D eigenvalue weighted by Crippen LogP contribution is -2.22. The second kappa shape index (κ2) is 5.63. The Balaban J connectivity index is 1.96. The van der Waals surface area contributed by atoms with E-state index >= 15 is 0 Å². The highest BCUT2D eigenvalue weighted by molar-refractivity contribution is 7.91. The number of aliphatic hydroxyl groups is 1. The molecule has 0 aromatic carbocycles. The Hall–Kier alpha value is -0.880. The molecule has 1 aliphatic rings. The molecule has 19 heavy (non-hydrogen) atoms. The molecule has 1 aliphatic carbocycles. The lowest BCUT2D eigenvalue weighted by atomic mass is 9.96. The molecular formula is C13H22N2O3S. The predicted molar refractivity (Wildman–Crippen MR) is 73.8 cm³/mol. The van der Waals surface area contributed by atoms with Crippen LogP contribution in [0.25, 0.3) is 0 Å². The molecule has 1 aromatic heterocycles. The molecule has 1 aromatic rings. The molecule has 0 saturated carbocycles. The largest absolute Gasteiger partial charge is 0.393 e. The molecule has 0 saturated heterocycles. The van der Waals surface area contributed by atoms with Crippen LogP contribution in [0.1, 0.15) is 37.9 Å². The highest BCUT2D eigenvalue weighted by Crippen LogP contribution is 2.21. The van der Waals surface area contributed by atoms with Gasteiger partial charge in [0.2, 0.25) is 0 Å². The summed E-state index contributed by atoms with van der Waals surface area (Å²) >= 11 is 0. The van der Waals surface area contributed by atoms with E-state index in [0.717, 1.165) is 18.5 Å². The fourth-order valence-electron chi connectivity index (χ4n) is 2.39. The number of hydrogen-bond acceptors (Lipinski definition) is 4. The Morgan fingerprint density at radius 1 is 1.53 bits per heavy atom. The Bertz CT molecular complexity index is 534. The normalized spacial score (nSPS) is 19.7. The Morgan fingerprint density at radius 2 is 2.26 bits per heavy atom. The molecule has 1 atom stereocenters. The van der Waals surface area contributed by atoms with Crippen LogP contribution in [0.4, 0.5) is 0 Å². The van der Waals surface area contributed by atoms with Gasteiger partial charge in [-0.1, -0.05) is 0 Å². The molecule has 0 aliphatic heterocycles. The number of aliphatic hydroxyl groups excluding tert-OH is 1. The van der Waals surface area contributed by atoms with Gasteiger partial charge in [0.05, 0.1) is 23.3 Å². The Kier molecular flexibility index (Phi) is 4.30. The lowest BCUT2D eigenvalue weighted by molar-refractivity contribution is 0.155. The Morgan fingerprint density at radius 3 is 2.95 bits per heavy atom. The fourth-order valence-corrected chi connectivity index (χ4v) is 3.39. The smallest absolute Gasteiger partial charge is 0.152 e. The van der Waals surface area contributed by atoms with Crippen molar-refractivity contribution in [3.8, 4) is 0 Å². The van der Waals surface area contributed by atoms with Gasteiger partial charge in [0, 0.05) is 18.7 Å². The van der Waals surface area contributed by atoms with Gasteiger partial charge in [0.1, 0.15) is 0 Å². The molecule has 0 spiro atoms. The summed E-state index contributed by atoms with van der Waals surface area (Å²) in [5.74, 6) is 0.196. The van der Waals surface area contributed by atoms with Gasteiger partial charge in [0.15, 0.2) is 9.84 Å². The predicted octanol–water partition coefficient (Wildman–Crippen LogP) is 0.946. The third-order valence-electron chi connectivity index (χ3n) is 3.73. The monoisotopic (exact) mass is 286 g/mol. The summed E-state index contributed by atoms with van der Waals surface area (Å²) in [5.41, 5.74) is 2.26. The molecule has 108 valence electrons. The molecule has 0 radical (unpaired) electrons. The molecule has 6 heteroatoms. The molecular weight excluding hydrogens is 264 g/mol. The van der Waals surface area contributed by atoms with Crippen LogP contribution in [0, 0.1) is 0 Å². The summed E-state index contributed by atoms with van der Waals surface area (Å²) in [6.45, 7) is 4.02. The standard InChI is InChI=1S/C13H22N2O3S/c1-10(2)19(17,18)7-3-6-15-13-8-12(16)5-4-11(13)9-14-15/h9-10,12,16H,3-8H2,1-2H3. The fraction of sp³-hybridized carbons (Fsp3) is 0.769. The van der Waals surface area contributed by atoms with E-state index in [2.05, 4.69) is 5.10 Å². The summed E-state index contributed by atoms with van der Waals surface area (Å²) in [7, 11) is -2.97. The summed E-state index contributed by atoms with van der Waals surface area (Å²) in [5, 5.41) is 13.7. The van der Waals surface area contributed by atoms with Crippen molar-refractivity contribution in [2.75, 3.05) is 5.75 Å². The first-order chi connectivity index (χ1) is 8.90. The third kappa shape index (κ3) is 3.36. The van der Waals surface area contributed by atoms with Crippen LogP contribution in [0.3, 0.4) is 0 Å². The molecule has 1 unspecified atom stereocenters. The van der Waals surface area contributed by atoms with Gasteiger partial charge in [-0.15, -0.1) is 0 Å². The quantitative estimate of drug-likeness (QED) is 0.874. The lowest BCUT2D eigenvalue weighted by Gasteiger charge is -2.19. The average molecular weight is 286 g/mol. The molecule has 0 bridgehead atoms. The van der Waals surface area contributed by atoms with Crippen LogP contribution < -0.4 is 0 Å². The second-order valence-electron chi connectivity index (χ2n) is 5.51. The molecule has 5 nitrogen and oxygen atoms in total. The molecule has 1 N–H and O–H groups in total. The van der Waals surface area contributed by atoms with E-state index in [4.69, 9.17) is 0 Å². The number of aryl methyl sites for hydroxylation is 2. The minimum Gasteiger partial charge on any atom is -0.393 e. The highest BCUT2D eigenvalue weighted by Gasteiger charge is 2.21. The van der Waals surface area contributed by atoms with E-state index in [1.165, 1.54) is 5.56 Å². The molecule has 1 heterocycles. The summed E-state index contributed by atoms with van der Waals surface area (Å²) < 4.78 is 25.3. The van der Waals surface area contributed by atoms with Gasteiger partial charge < -0.3 is 5.11 Å². The number of rotatable bonds is 5. The van der Waals surface area contributed by atoms with E-state index in [-0.39, 0.29) is 17.1 Å². The van der Waals surface area contributed by atoms with Crippen LogP contribution in [0.15, 0.2) is 6.20 Å².